The molecule has 12 nitrogen and oxygen atoms in total. The highest BCUT2D eigenvalue weighted by atomic mass is 19.1. The van der Waals surface area contributed by atoms with Crippen molar-refractivity contribution in [2.24, 2.45) is 10.9 Å². The molecule has 4 aromatic heterocycles. The van der Waals surface area contributed by atoms with E-state index in [1.807, 2.05) is 24.3 Å². The van der Waals surface area contributed by atoms with Crippen molar-refractivity contribution in [1.29, 1.82) is 0 Å². The van der Waals surface area contributed by atoms with Gasteiger partial charge in [-0.25, -0.2) is 14.4 Å². The zero-order valence-corrected chi connectivity index (χ0v) is 28.1. The first-order valence-corrected chi connectivity index (χ1v) is 17.1. The van der Waals surface area contributed by atoms with E-state index in [0.29, 0.717) is 74.9 Å². The molecule has 50 heavy (non-hydrogen) atoms. The highest BCUT2D eigenvalue weighted by Gasteiger charge is 2.19. The van der Waals surface area contributed by atoms with Crippen molar-refractivity contribution in [2.75, 3.05) is 51.7 Å². The predicted octanol–water partition coefficient (Wildman–Crippen LogP) is 3.66. The summed E-state index contributed by atoms with van der Waals surface area (Å²) >= 11 is 0. The van der Waals surface area contributed by atoms with Crippen LogP contribution in [0.4, 0.5) is 10.1 Å². The average Bonchev–Trinajstić information content (AvgIpc) is 3.88. The second kappa shape index (κ2) is 15.1. The Hall–Kier alpha value is -5.27. The Labute approximate surface area is 289 Å². The fraction of sp³-hybridized carbons (Fsp3) is 0.351. The van der Waals surface area contributed by atoms with Gasteiger partial charge in [-0.2, -0.15) is 5.10 Å². The topological polar surface area (TPSA) is 149 Å². The molecule has 2 aliphatic rings. The van der Waals surface area contributed by atoms with Gasteiger partial charge >= 0.3 is 0 Å². The van der Waals surface area contributed by atoms with Crippen molar-refractivity contribution in [3.63, 3.8) is 0 Å². The summed E-state index contributed by atoms with van der Waals surface area (Å²) < 4.78 is 20.8. The number of aromatic nitrogens is 6. The summed E-state index contributed by atoms with van der Waals surface area (Å²) in [5.41, 5.74) is 4.93. The molecule has 13 heteroatoms. The highest BCUT2D eigenvalue weighted by Crippen LogP contribution is 2.31. The molecule has 0 bridgehead atoms. The second-order valence-corrected chi connectivity index (χ2v) is 12.8. The standard InChI is InChI=1S/C37H41FN10O2/c1-23-31(20-32(39-2)26-17-28(22-41-21-26)43-33(49)15-24-5-8-40-9-6-24)35(47-46-23)37-44-34-30(7-10-42-36(34)45-37)25-16-27(38)19-29(18-25)50-14-13-48-11-3-4-12-48/h7,10,16-22,24,40,46H,1,3-6,8-9,11-15H2,2H3,(H,43,49)(H,42,44,45)/b31-20+,39-32?. The first-order chi connectivity index (χ1) is 24.4. The lowest BCUT2D eigenvalue weighted by atomic mass is 9.94. The van der Waals surface area contributed by atoms with E-state index in [1.165, 1.54) is 25.0 Å². The summed E-state index contributed by atoms with van der Waals surface area (Å²) in [6, 6.07) is 8.41. The molecular weight excluding hydrogens is 635 g/mol. The zero-order chi connectivity index (χ0) is 34.5. The van der Waals surface area contributed by atoms with Gasteiger partial charge in [-0.1, -0.05) is 6.58 Å². The van der Waals surface area contributed by atoms with Gasteiger partial charge in [0.2, 0.25) is 5.91 Å². The number of piperidine rings is 1. The third-order valence-electron chi connectivity index (χ3n) is 9.33. The molecule has 0 radical (unpaired) electrons. The Kier molecular flexibility index (Phi) is 10.0. The second-order valence-electron chi connectivity index (χ2n) is 12.8. The number of carbonyl (C=O) groups is 1. The van der Waals surface area contributed by atoms with Crippen LogP contribution < -0.4 is 25.9 Å². The van der Waals surface area contributed by atoms with Crippen LogP contribution in [0, 0.1) is 11.7 Å². The van der Waals surface area contributed by atoms with E-state index in [1.54, 1.807) is 25.6 Å². The SMILES string of the molecule is C=c1[nH]nc(-c2nc3nccc(-c4cc(F)cc(OCCN5CCCC5)c4)c3[nH]2)/c1=C/C(=NC)c1cncc(NC(=O)CC2CCNCC2)c1. The highest BCUT2D eigenvalue weighted by molar-refractivity contribution is 6.21. The maximum Gasteiger partial charge on any atom is 0.224 e. The summed E-state index contributed by atoms with van der Waals surface area (Å²) in [7, 11) is 1.69. The molecule has 0 aliphatic carbocycles. The van der Waals surface area contributed by atoms with Gasteiger partial charge in [0, 0.05) is 54.8 Å². The van der Waals surface area contributed by atoms with Crippen molar-refractivity contribution >= 4 is 41.1 Å². The number of benzene rings is 1. The van der Waals surface area contributed by atoms with E-state index in [0.717, 1.165) is 56.7 Å². The Bertz CT molecular complexity index is 2130. The molecular formula is C37H41FN10O2. The third kappa shape index (κ3) is 7.63. The van der Waals surface area contributed by atoms with Crippen molar-refractivity contribution < 1.29 is 13.9 Å². The number of H-pyrrole nitrogens is 2. The number of hydrogen-bond acceptors (Lipinski definition) is 9. The van der Waals surface area contributed by atoms with E-state index in [4.69, 9.17) is 9.72 Å². The van der Waals surface area contributed by atoms with E-state index in [9.17, 15) is 9.18 Å². The molecule has 6 heterocycles. The molecule has 5 aromatic rings. The van der Waals surface area contributed by atoms with Crippen molar-refractivity contribution in [3.05, 3.63) is 70.9 Å². The van der Waals surface area contributed by atoms with Gasteiger partial charge in [-0.05, 0) is 93.7 Å². The van der Waals surface area contributed by atoms with Gasteiger partial charge in [0.25, 0.3) is 0 Å². The van der Waals surface area contributed by atoms with Crippen LogP contribution in [0.25, 0.3) is 46.5 Å². The van der Waals surface area contributed by atoms with Gasteiger partial charge in [-0.3, -0.25) is 24.8 Å². The minimum Gasteiger partial charge on any atom is -0.492 e. The molecule has 1 amide bonds. The summed E-state index contributed by atoms with van der Waals surface area (Å²) in [5, 5.41) is 15.1. The van der Waals surface area contributed by atoms with Crippen LogP contribution in [0.1, 0.15) is 37.7 Å². The average molecular weight is 677 g/mol. The molecule has 258 valence electrons. The van der Waals surface area contributed by atoms with Gasteiger partial charge in [0.05, 0.1) is 28.5 Å². The minimum absolute atomic E-state index is 0.0237. The Balaban J connectivity index is 1.14. The van der Waals surface area contributed by atoms with Crippen molar-refractivity contribution in [2.45, 2.75) is 32.1 Å². The van der Waals surface area contributed by atoms with Gasteiger partial charge in [0.15, 0.2) is 11.5 Å². The normalized spacial score (nSPS) is 16.4. The number of fused-ring (bicyclic) bond motifs is 1. The number of likely N-dealkylation sites (tertiary alicyclic amines) is 1. The number of pyridine rings is 2. The summed E-state index contributed by atoms with van der Waals surface area (Å²) in [5.74, 6) is 0.900. The van der Waals surface area contributed by atoms with Crippen molar-refractivity contribution in [1.82, 2.24) is 40.3 Å². The smallest absolute Gasteiger partial charge is 0.224 e. The molecule has 0 unspecified atom stereocenters. The lowest BCUT2D eigenvalue weighted by molar-refractivity contribution is -0.117. The summed E-state index contributed by atoms with van der Waals surface area (Å²) in [6.45, 7) is 9.50. The largest absolute Gasteiger partial charge is 0.492 e. The summed E-state index contributed by atoms with van der Waals surface area (Å²) in [6.07, 6.45) is 11.7. The Morgan fingerprint density at radius 3 is 2.84 bits per heavy atom. The van der Waals surface area contributed by atoms with E-state index >= 15 is 0 Å². The number of carbonyl (C=O) groups excluding carboxylic acids is 1. The number of halogens is 1. The van der Waals surface area contributed by atoms with Crippen LogP contribution >= 0.6 is 0 Å². The van der Waals surface area contributed by atoms with Gasteiger partial charge < -0.3 is 20.4 Å². The molecule has 7 rings (SSSR count). The molecule has 0 atom stereocenters. The van der Waals surface area contributed by atoms with E-state index in [2.05, 4.69) is 52.3 Å². The number of hydrogen-bond donors (Lipinski definition) is 4. The molecule has 0 spiro atoms. The van der Waals surface area contributed by atoms with E-state index < -0.39 is 0 Å². The van der Waals surface area contributed by atoms with Crippen LogP contribution in [0.3, 0.4) is 0 Å². The maximum atomic E-state index is 14.8. The Morgan fingerprint density at radius 1 is 1.18 bits per heavy atom. The zero-order valence-electron chi connectivity index (χ0n) is 28.1. The maximum absolute atomic E-state index is 14.8. The number of aromatic amines is 2. The number of aliphatic imine (C=N–C) groups is 1. The monoisotopic (exact) mass is 676 g/mol. The number of anilines is 1. The predicted molar refractivity (Wildman–Crippen MR) is 193 cm³/mol. The molecule has 4 N–H and O–H groups in total. The number of imidazole rings is 1. The third-order valence-corrected chi connectivity index (χ3v) is 9.33. The fourth-order valence-electron chi connectivity index (χ4n) is 6.71. The van der Waals surface area contributed by atoms with Crippen LogP contribution in [0.15, 0.2) is 53.9 Å². The quantitative estimate of drug-likeness (QED) is 0.155. The van der Waals surface area contributed by atoms with Gasteiger partial charge in [-0.15, -0.1) is 0 Å². The first-order valence-electron chi connectivity index (χ1n) is 17.1. The molecule has 0 saturated carbocycles. The summed E-state index contributed by atoms with van der Waals surface area (Å²) in [4.78, 5) is 36.6. The van der Waals surface area contributed by atoms with Crippen LogP contribution in [-0.4, -0.2) is 93.0 Å². The number of ether oxygens (including phenoxy) is 1. The molecule has 2 saturated heterocycles. The minimum atomic E-state index is -0.388. The van der Waals surface area contributed by atoms with Crippen LogP contribution in [0.2, 0.25) is 0 Å². The lowest BCUT2D eigenvalue weighted by Crippen LogP contribution is -2.30. The van der Waals surface area contributed by atoms with E-state index in [-0.39, 0.29) is 11.7 Å². The Morgan fingerprint density at radius 2 is 2.02 bits per heavy atom. The first kappa shape index (κ1) is 33.2. The lowest BCUT2D eigenvalue weighted by Gasteiger charge is -2.21. The number of nitrogens with one attached hydrogen (secondary N) is 4. The van der Waals surface area contributed by atoms with Gasteiger partial charge in [0.1, 0.15) is 23.9 Å². The fourth-order valence-corrected chi connectivity index (χ4v) is 6.71. The van der Waals surface area contributed by atoms with Crippen molar-refractivity contribution in [3.8, 4) is 28.4 Å². The molecule has 1 aromatic carbocycles. The van der Waals surface area contributed by atoms with Crippen LogP contribution in [0.5, 0.6) is 5.75 Å². The molecule has 2 aliphatic heterocycles. The van der Waals surface area contributed by atoms with Crippen LogP contribution in [-0.2, 0) is 4.79 Å². The number of nitrogens with zero attached hydrogens (tertiary/aromatic N) is 6. The number of amides is 1. The number of rotatable bonds is 11. The molecule has 2 fully saturated rings.